The van der Waals surface area contributed by atoms with Gasteiger partial charge in [-0.1, -0.05) is 19.9 Å². The van der Waals surface area contributed by atoms with Crippen molar-refractivity contribution in [3.05, 3.63) is 29.3 Å². The van der Waals surface area contributed by atoms with Crippen molar-refractivity contribution in [3.63, 3.8) is 0 Å². The fraction of sp³-hybridized carbons (Fsp3) is 0.500. The van der Waals surface area contributed by atoms with E-state index in [0.717, 1.165) is 11.1 Å². The Balaban J connectivity index is 2.04. The number of carbonyl (C=O) groups is 2. The van der Waals surface area contributed by atoms with Gasteiger partial charge in [0.25, 0.3) is 0 Å². The highest BCUT2D eigenvalue weighted by molar-refractivity contribution is 6.14. The lowest BCUT2D eigenvalue weighted by atomic mass is 9.45. The summed E-state index contributed by atoms with van der Waals surface area (Å²) in [6, 6.07) is 5.29. The van der Waals surface area contributed by atoms with E-state index >= 15 is 0 Å². The molecule has 0 aliphatic heterocycles. The van der Waals surface area contributed by atoms with Crippen molar-refractivity contribution in [2.45, 2.75) is 33.1 Å². The van der Waals surface area contributed by atoms with Crippen LogP contribution in [-0.2, 0) is 9.59 Å². The number of hydrogen-bond donors (Lipinski definition) is 1. The Kier molecular flexibility index (Phi) is 2.77. The molecule has 2 bridgehead atoms. The zero-order valence-corrected chi connectivity index (χ0v) is 12.0. The first kappa shape index (κ1) is 13.3. The van der Waals surface area contributed by atoms with E-state index < -0.39 is 5.92 Å². The maximum atomic E-state index is 12.6. The molecule has 1 aromatic carbocycles. The number of carbonyl (C=O) groups excluding carboxylic acids is 2. The molecule has 3 aliphatic carbocycles. The normalized spacial score (nSPS) is 30.9. The Morgan fingerprint density at radius 3 is 2.30 bits per heavy atom. The number of benzene rings is 1. The molecule has 3 fully saturated rings. The SMILES string of the molecule is Cc1ccc(ON)cc1C1C(=O)C2CC(C1=O)C2(C)C. The smallest absolute Gasteiger partial charge is 0.151 e. The number of hydrogen-bond acceptors (Lipinski definition) is 4. The van der Waals surface area contributed by atoms with Gasteiger partial charge in [0.15, 0.2) is 11.6 Å². The molecule has 2 N–H and O–H groups in total. The van der Waals surface area contributed by atoms with Crippen LogP contribution in [0.5, 0.6) is 5.75 Å². The van der Waals surface area contributed by atoms with Crippen LogP contribution in [0.4, 0.5) is 0 Å². The first-order chi connectivity index (χ1) is 9.37. The van der Waals surface area contributed by atoms with Crippen LogP contribution in [0.3, 0.4) is 0 Å². The summed E-state index contributed by atoms with van der Waals surface area (Å²) in [6.07, 6.45) is 0.716. The van der Waals surface area contributed by atoms with Gasteiger partial charge >= 0.3 is 0 Å². The van der Waals surface area contributed by atoms with Crippen molar-refractivity contribution < 1.29 is 14.4 Å². The van der Waals surface area contributed by atoms with Gasteiger partial charge in [-0.15, -0.1) is 0 Å². The second-order valence-corrected chi connectivity index (χ2v) is 6.54. The number of rotatable bonds is 2. The summed E-state index contributed by atoms with van der Waals surface area (Å²) in [5.41, 5.74) is 1.49. The van der Waals surface area contributed by atoms with Crippen LogP contribution in [0.1, 0.15) is 37.3 Å². The molecule has 0 saturated heterocycles. The number of aryl methyl sites for hydroxylation is 1. The van der Waals surface area contributed by atoms with Crippen molar-refractivity contribution in [2.24, 2.45) is 23.1 Å². The molecule has 3 saturated carbocycles. The highest BCUT2D eigenvalue weighted by atomic mass is 16.6. The molecule has 20 heavy (non-hydrogen) atoms. The molecule has 2 atom stereocenters. The van der Waals surface area contributed by atoms with E-state index in [1.54, 1.807) is 12.1 Å². The highest BCUT2D eigenvalue weighted by Crippen LogP contribution is 2.59. The monoisotopic (exact) mass is 273 g/mol. The van der Waals surface area contributed by atoms with E-state index in [0.29, 0.717) is 12.2 Å². The molecule has 0 heterocycles. The Morgan fingerprint density at radius 1 is 1.20 bits per heavy atom. The van der Waals surface area contributed by atoms with E-state index in [1.165, 1.54) is 0 Å². The van der Waals surface area contributed by atoms with E-state index in [2.05, 4.69) is 0 Å². The molecular weight excluding hydrogens is 254 g/mol. The summed E-state index contributed by atoms with van der Waals surface area (Å²) in [5, 5.41) is 0. The second kappa shape index (κ2) is 4.16. The Morgan fingerprint density at radius 2 is 1.80 bits per heavy atom. The summed E-state index contributed by atoms with van der Waals surface area (Å²) < 4.78 is 0. The summed E-state index contributed by atoms with van der Waals surface area (Å²) in [5.74, 6) is 5.12. The average molecular weight is 273 g/mol. The molecule has 0 amide bonds. The molecule has 3 aliphatic rings. The topological polar surface area (TPSA) is 69.4 Å². The van der Waals surface area contributed by atoms with Crippen molar-refractivity contribution >= 4 is 11.6 Å². The van der Waals surface area contributed by atoms with Crippen LogP contribution in [0.25, 0.3) is 0 Å². The van der Waals surface area contributed by atoms with Gasteiger partial charge in [0.1, 0.15) is 11.7 Å². The minimum atomic E-state index is -0.637. The first-order valence-corrected chi connectivity index (χ1v) is 6.92. The van der Waals surface area contributed by atoms with Crippen molar-refractivity contribution in [2.75, 3.05) is 0 Å². The van der Waals surface area contributed by atoms with Crippen molar-refractivity contribution in [1.82, 2.24) is 0 Å². The maximum absolute atomic E-state index is 12.6. The molecule has 106 valence electrons. The lowest BCUT2D eigenvalue weighted by molar-refractivity contribution is -0.163. The van der Waals surface area contributed by atoms with Crippen LogP contribution < -0.4 is 10.7 Å². The van der Waals surface area contributed by atoms with Crippen LogP contribution in [0, 0.1) is 24.2 Å². The highest BCUT2D eigenvalue weighted by Gasteiger charge is 2.62. The van der Waals surface area contributed by atoms with Gasteiger partial charge in [-0.2, -0.15) is 5.90 Å². The molecule has 0 radical (unpaired) electrons. The van der Waals surface area contributed by atoms with Crippen molar-refractivity contribution in [3.8, 4) is 5.75 Å². The largest absolute Gasteiger partial charge is 0.412 e. The van der Waals surface area contributed by atoms with Gasteiger partial charge in [0.2, 0.25) is 0 Å². The molecular formula is C16H19NO3. The van der Waals surface area contributed by atoms with E-state index in [4.69, 9.17) is 10.7 Å². The van der Waals surface area contributed by atoms with Gasteiger partial charge in [-0.25, -0.2) is 0 Å². The zero-order chi connectivity index (χ0) is 14.7. The number of fused-ring (bicyclic) bond motifs is 2. The molecule has 1 aromatic rings. The average Bonchev–Trinajstić information content (AvgIpc) is 2.39. The molecule has 4 heteroatoms. The van der Waals surface area contributed by atoms with E-state index in [-0.39, 0.29) is 28.8 Å². The summed E-state index contributed by atoms with van der Waals surface area (Å²) in [4.78, 5) is 30.0. The molecule has 4 nitrogen and oxygen atoms in total. The number of ketones is 2. The van der Waals surface area contributed by atoms with Gasteiger partial charge in [-0.3, -0.25) is 9.59 Å². The van der Waals surface area contributed by atoms with E-state index in [1.807, 2.05) is 26.8 Å². The van der Waals surface area contributed by atoms with E-state index in [9.17, 15) is 9.59 Å². The minimum Gasteiger partial charge on any atom is -0.412 e. The number of nitrogens with two attached hydrogens (primary N) is 1. The van der Waals surface area contributed by atoms with Crippen LogP contribution in [-0.4, -0.2) is 11.6 Å². The predicted octanol–water partition coefficient (Wildman–Crippen LogP) is 2.15. The van der Waals surface area contributed by atoms with Gasteiger partial charge in [-0.05, 0) is 42.0 Å². The van der Waals surface area contributed by atoms with Crippen LogP contribution in [0.15, 0.2) is 18.2 Å². The Hall–Kier alpha value is -1.68. The lowest BCUT2D eigenvalue weighted by Gasteiger charge is -2.56. The summed E-state index contributed by atoms with van der Waals surface area (Å²) in [7, 11) is 0. The zero-order valence-electron chi connectivity index (χ0n) is 12.0. The minimum absolute atomic E-state index is 0.00273. The lowest BCUT2D eigenvalue weighted by Crippen LogP contribution is -2.60. The van der Waals surface area contributed by atoms with Crippen molar-refractivity contribution in [1.29, 1.82) is 0 Å². The standard InChI is InChI=1S/C16H19NO3/c1-8-4-5-9(20-17)6-10(8)13-14(18)11-7-12(15(13)19)16(11,2)3/h4-6,11-13H,7,17H2,1-3H3. The van der Waals surface area contributed by atoms with Crippen LogP contribution >= 0.6 is 0 Å². The third-order valence-electron chi connectivity index (χ3n) is 5.22. The summed E-state index contributed by atoms with van der Waals surface area (Å²) in [6.45, 7) is 5.94. The molecule has 0 aromatic heterocycles. The Labute approximate surface area is 118 Å². The quantitative estimate of drug-likeness (QED) is 0.662. The fourth-order valence-electron chi connectivity index (χ4n) is 3.74. The van der Waals surface area contributed by atoms with Gasteiger partial charge in [0.05, 0.1) is 0 Å². The first-order valence-electron chi connectivity index (χ1n) is 6.92. The fourth-order valence-corrected chi connectivity index (χ4v) is 3.74. The number of Topliss-reactive ketones (excluding diaryl/α,β-unsaturated/α-hetero) is 2. The Bertz CT molecular complexity index is 582. The summed E-state index contributed by atoms with van der Waals surface area (Å²) >= 11 is 0. The third kappa shape index (κ3) is 1.57. The molecule has 2 unspecified atom stereocenters. The van der Waals surface area contributed by atoms with Crippen LogP contribution in [0.2, 0.25) is 0 Å². The third-order valence-corrected chi connectivity index (χ3v) is 5.22. The van der Waals surface area contributed by atoms with Gasteiger partial charge in [0, 0.05) is 11.8 Å². The second-order valence-electron chi connectivity index (χ2n) is 6.54. The van der Waals surface area contributed by atoms with Gasteiger partial charge < -0.3 is 4.84 Å². The molecule has 0 spiro atoms. The molecule has 4 rings (SSSR count). The predicted molar refractivity (Wildman–Crippen MR) is 74.1 cm³/mol. The maximum Gasteiger partial charge on any atom is 0.151 e.